The van der Waals surface area contributed by atoms with Gasteiger partial charge in [-0.1, -0.05) is 30.3 Å². The molecule has 1 spiro atoms. The number of rotatable bonds is 2. The molecule has 1 aromatic carbocycles. The summed E-state index contributed by atoms with van der Waals surface area (Å²) in [5, 5.41) is 0. The van der Waals surface area contributed by atoms with Crippen LogP contribution in [0.15, 0.2) is 30.3 Å². The molecule has 1 aromatic rings. The van der Waals surface area contributed by atoms with Crippen molar-refractivity contribution in [2.45, 2.75) is 12.2 Å². The Hall–Kier alpha value is -1.55. The number of carbonyl (C=O) groups is 1. The third-order valence-electron chi connectivity index (χ3n) is 2.97. The second kappa shape index (κ2) is 3.49. The van der Waals surface area contributed by atoms with E-state index in [9.17, 15) is 4.79 Å². The highest BCUT2D eigenvalue weighted by Gasteiger charge is 2.56. The number of ether oxygens (including phenoxy) is 2. The molecule has 4 heteroatoms. The Morgan fingerprint density at radius 2 is 2.06 bits per heavy atom. The molecule has 2 fully saturated rings. The minimum absolute atomic E-state index is 0.00572. The van der Waals surface area contributed by atoms with Crippen LogP contribution in [0, 0.1) is 0 Å². The Morgan fingerprint density at radius 3 is 2.69 bits per heavy atom. The van der Waals surface area contributed by atoms with Crippen molar-refractivity contribution in [2.24, 2.45) is 0 Å². The quantitative estimate of drug-likeness (QED) is 0.706. The number of likely N-dealkylation sites (tertiary alicyclic amines) is 1. The Morgan fingerprint density at radius 1 is 1.38 bits per heavy atom. The Balaban J connectivity index is 1.47. The van der Waals surface area contributed by atoms with Crippen molar-refractivity contribution in [3.63, 3.8) is 0 Å². The summed E-state index contributed by atoms with van der Waals surface area (Å²) in [6, 6.07) is 9.68. The number of hydrogen-bond donors (Lipinski definition) is 0. The van der Waals surface area contributed by atoms with Crippen LogP contribution in [0.3, 0.4) is 0 Å². The van der Waals surface area contributed by atoms with Crippen molar-refractivity contribution >= 4 is 6.09 Å². The molecule has 0 atom stereocenters. The molecule has 0 radical (unpaired) electrons. The van der Waals surface area contributed by atoms with E-state index in [-0.39, 0.29) is 11.7 Å². The van der Waals surface area contributed by atoms with Crippen LogP contribution < -0.4 is 0 Å². The van der Waals surface area contributed by atoms with Crippen molar-refractivity contribution in [3.8, 4) is 0 Å². The number of nitrogens with zero attached hydrogens (tertiary/aromatic N) is 1. The van der Waals surface area contributed by atoms with Gasteiger partial charge in [-0.05, 0) is 5.56 Å². The maximum Gasteiger partial charge on any atom is 0.410 e. The Kier molecular flexibility index (Phi) is 2.11. The third kappa shape index (κ3) is 1.76. The van der Waals surface area contributed by atoms with E-state index in [0.717, 1.165) is 12.2 Å². The highest BCUT2D eigenvalue weighted by Crippen LogP contribution is 2.37. The summed E-state index contributed by atoms with van der Waals surface area (Å²) in [5.74, 6) is 0. The van der Waals surface area contributed by atoms with Gasteiger partial charge in [-0.2, -0.15) is 0 Å². The molecule has 0 aliphatic carbocycles. The maximum atomic E-state index is 11.6. The smallest absolute Gasteiger partial charge is 0.410 e. The highest BCUT2D eigenvalue weighted by molar-refractivity contribution is 5.69. The summed E-state index contributed by atoms with van der Waals surface area (Å²) in [5.41, 5.74) is 1.01. The lowest BCUT2D eigenvalue weighted by atomic mass is 10.0. The second-order valence-electron chi connectivity index (χ2n) is 4.37. The van der Waals surface area contributed by atoms with Gasteiger partial charge in [-0.25, -0.2) is 4.79 Å². The molecule has 16 heavy (non-hydrogen) atoms. The van der Waals surface area contributed by atoms with Gasteiger partial charge in [0.15, 0.2) is 0 Å². The van der Waals surface area contributed by atoms with Crippen LogP contribution in [0.5, 0.6) is 0 Å². The minimum Gasteiger partial charge on any atom is -0.445 e. The molecular weight excluding hydrogens is 206 g/mol. The SMILES string of the molecule is O=C(OCc1ccccc1)N1CC2(CO2)C1. The van der Waals surface area contributed by atoms with Gasteiger partial charge < -0.3 is 14.4 Å². The predicted octanol–water partition coefficient (Wildman–Crippen LogP) is 1.41. The van der Waals surface area contributed by atoms with E-state index in [1.54, 1.807) is 4.90 Å². The summed E-state index contributed by atoms with van der Waals surface area (Å²) in [6.07, 6.45) is -0.245. The van der Waals surface area contributed by atoms with Crippen LogP contribution in [0.25, 0.3) is 0 Å². The molecule has 0 aromatic heterocycles. The molecule has 2 aliphatic rings. The van der Waals surface area contributed by atoms with Crippen LogP contribution in [0.4, 0.5) is 4.79 Å². The first kappa shape index (κ1) is 9.66. The van der Waals surface area contributed by atoms with Crippen molar-refractivity contribution in [2.75, 3.05) is 19.7 Å². The van der Waals surface area contributed by atoms with Crippen LogP contribution in [-0.2, 0) is 16.1 Å². The number of carbonyl (C=O) groups excluding carboxylic acids is 1. The predicted molar refractivity (Wildman–Crippen MR) is 56.9 cm³/mol. The molecular formula is C12H13NO3. The molecule has 4 nitrogen and oxygen atoms in total. The average molecular weight is 219 g/mol. The van der Waals surface area contributed by atoms with E-state index in [2.05, 4.69) is 0 Å². The van der Waals surface area contributed by atoms with E-state index in [1.807, 2.05) is 30.3 Å². The van der Waals surface area contributed by atoms with Crippen LogP contribution in [0.2, 0.25) is 0 Å². The fourth-order valence-electron chi connectivity index (χ4n) is 1.87. The van der Waals surface area contributed by atoms with Crippen molar-refractivity contribution in [3.05, 3.63) is 35.9 Å². The lowest BCUT2D eigenvalue weighted by molar-refractivity contribution is 0.0331. The van der Waals surface area contributed by atoms with E-state index in [0.29, 0.717) is 19.7 Å². The fraction of sp³-hybridized carbons (Fsp3) is 0.417. The first-order valence-electron chi connectivity index (χ1n) is 5.37. The zero-order valence-electron chi connectivity index (χ0n) is 8.89. The van der Waals surface area contributed by atoms with E-state index < -0.39 is 0 Å². The molecule has 0 bridgehead atoms. The van der Waals surface area contributed by atoms with Crippen LogP contribution in [-0.4, -0.2) is 36.3 Å². The zero-order chi connectivity index (χ0) is 11.0. The molecule has 2 saturated heterocycles. The molecule has 0 saturated carbocycles. The molecule has 84 valence electrons. The summed E-state index contributed by atoms with van der Waals surface area (Å²) < 4.78 is 10.4. The van der Waals surface area contributed by atoms with Gasteiger partial charge in [-0.3, -0.25) is 0 Å². The number of benzene rings is 1. The lowest BCUT2D eigenvalue weighted by Crippen LogP contribution is -2.56. The summed E-state index contributed by atoms with van der Waals surface area (Å²) in [6.45, 7) is 2.49. The highest BCUT2D eigenvalue weighted by atomic mass is 16.6. The van der Waals surface area contributed by atoms with Crippen molar-refractivity contribution in [1.29, 1.82) is 0 Å². The lowest BCUT2D eigenvalue weighted by Gasteiger charge is -2.35. The Labute approximate surface area is 93.8 Å². The van der Waals surface area contributed by atoms with Crippen LogP contribution in [0.1, 0.15) is 5.56 Å². The molecule has 0 unspecified atom stereocenters. The Bertz CT molecular complexity index is 392. The van der Waals surface area contributed by atoms with Gasteiger partial charge >= 0.3 is 6.09 Å². The largest absolute Gasteiger partial charge is 0.445 e. The number of hydrogen-bond acceptors (Lipinski definition) is 3. The van der Waals surface area contributed by atoms with Gasteiger partial charge in [0.05, 0.1) is 19.7 Å². The first-order chi connectivity index (χ1) is 7.77. The molecule has 2 heterocycles. The molecule has 0 N–H and O–H groups in total. The number of epoxide rings is 1. The van der Waals surface area contributed by atoms with Gasteiger partial charge in [0.25, 0.3) is 0 Å². The average Bonchev–Trinajstić information content (AvgIpc) is 3.05. The summed E-state index contributed by atoms with van der Waals surface area (Å²) in [7, 11) is 0. The van der Waals surface area contributed by atoms with E-state index in [4.69, 9.17) is 9.47 Å². The van der Waals surface area contributed by atoms with Gasteiger partial charge in [0.1, 0.15) is 12.2 Å². The van der Waals surface area contributed by atoms with Crippen LogP contribution >= 0.6 is 0 Å². The molecule has 2 aliphatic heterocycles. The second-order valence-corrected chi connectivity index (χ2v) is 4.37. The zero-order valence-corrected chi connectivity index (χ0v) is 8.89. The van der Waals surface area contributed by atoms with Crippen molar-refractivity contribution in [1.82, 2.24) is 4.90 Å². The molecule has 1 amide bonds. The number of amides is 1. The standard InChI is InChI=1S/C12H13NO3/c14-11(13-7-12(8-13)9-16-12)15-6-10-4-2-1-3-5-10/h1-5H,6-9H2. The maximum absolute atomic E-state index is 11.6. The monoisotopic (exact) mass is 219 g/mol. The summed E-state index contributed by atoms with van der Waals surface area (Å²) in [4.78, 5) is 13.2. The van der Waals surface area contributed by atoms with E-state index >= 15 is 0 Å². The van der Waals surface area contributed by atoms with Gasteiger partial charge in [-0.15, -0.1) is 0 Å². The third-order valence-corrected chi connectivity index (χ3v) is 2.97. The summed E-state index contributed by atoms with van der Waals surface area (Å²) >= 11 is 0. The van der Waals surface area contributed by atoms with Gasteiger partial charge in [0.2, 0.25) is 0 Å². The first-order valence-corrected chi connectivity index (χ1v) is 5.37. The minimum atomic E-state index is -0.245. The fourth-order valence-corrected chi connectivity index (χ4v) is 1.87. The normalized spacial score (nSPS) is 20.4. The van der Waals surface area contributed by atoms with Gasteiger partial charge in [0, 0.05) is 0 Å². The van der Waals surface area contributed by atoms with E-state index in [1.165, 1.54) is 0 Å². The van der Waals surface area contributed by atoms with Crippen molar-refractivity contribution < 1.29 is 14.3 Å². The topological polar surface area (TPSA) is 42.1 Å². The molecule has 3 rings (SSSR count).